The summed E-state index contributed by atoms with van der Waals surface area (Å²) >= 11 is 0. The number of hydrogen-bond acceptors (Lipinski definition) is 1. The number of rotatable bonds is 2. The highest BCUT2D eigenvalue weighted by Gasteiger charge is 2.12. The summed E-state index contributed by atoms with van der Waals surface area (Å²) in [7, 11) is 0. The summed E-state index contributed by atoms with van der Waals surface area (Å²) in [6.45, 7) is 6.98. The molecule has 0 N–H and O–H groups in total. The van der Waals surface area contributed by atoms with E-state index in [1.165, 1.54) is 37.2 Å². The van der Waals surface area contributed by atoms with Gasteiger partial charge in [-0.2, -0.15) is 0 Å². The van der Waals surface area contributed by atoms with Crippen LogP contribution in [-0.4, -0.2) is 13.1 Å². The zero-order valence-electron chi connectivity index (χ0n) is 9.16. The van der Waals surface area contributed by atoms with Gasteiger partial charge in [-0.1, -0.05) is 26.0 Å². The molecule has 14 heavy (non-hydrogen) atoms. The summed E-state index contributed by atoms with van der Waals surface area (Å²) in [5, 5.41) is 0. The predicted octanol–water partition coefficient (Wildman–Crippen LogP) is 3.41. The van der Waals surface area contributed by atoms with Gasteiger partial charge in [0.25, 0.3) is 0 Å². The zero-order valence-corrected chi connectivity index (χ0v) is 9.16. The smallest absolute Gasteiger partial charge is 0.0369 e. The second kappa shape index (κ2) is 4.04. The standard InChI is InChI=1S/C13H19N/c1-11(2)12-6-5-7-13(10-12)14-8-3-4-9-14/h5-7,10-11H,3-4,8-9H2,1-2H3. The van der Waals surface area contributed by atoms with Gasteiger partial charge in [-0.05, 0) is 36.5 Å². The number of nitrogens with zero attached hydrogens (tertiary/aromatic N) is 1. The van der Waals surface area contributed by atoms with Crippen molar-refractivity contribution >= 4 is 5.69 Å². The first kappa shape index (κ1) is 9.57. The second-order valence-corrected chi connectivity index (χ2v) is 4.44. The summed E-state index contributed by atoms with van der Waals surface area (Å²) in [4.78, 5) is 2.49. The van der Waals surface area contributed by atoms with Crippen molar-refractivity contribution in [3.05, 3.63) is 29.8 Å². The Morgan fingerprint density at radius 1 is 1.14 bits per heavy atom. The van der Waals surface area contributed by atoms with Crippen LogP contribution in [0.5, 0.6) is 0 Å². The Kier molecular flexibility index (Phi) is 2.76. The fourth-order valence-corrected chi connectivity index (χ4v) is 2.06. The summed E-state index contributed by atoms with van der Waals surface area (Å²) in [5.41, 5.74) is 2.86. The van der Waals surface area contributed by atoms with Crippen LogP contribution in [0.15, 0.2) is 24.3 Å². The van der Waals surface area contributed by atoms with Crippen LogP contribution in [0.2, 0.25) is 0 Å². The van der Waals surface area contributed by atoms with E-state index in [2.05, 4.69) is 43.0 Å². The van der Waals surface area contributed by atoms with Gasteiger partial charge >= 0.3 is 0 Å². The normalized spacial score (nSPS) is 16.6. The highest BCUT2D eigenvalue weighted by Crippen LogP contribution is 2.24. The molecule has 0 unspecified atom stereocenters. The van der Waals surface area contributed by atoms with Crippen LogP contribution >= 0.6 is 0 Å². The lowest BCUT2D eigenvalue weighted by molar-refractivity contribution is 0.862. The molecule has 2 rings (SSSR count). The Labute approximate surface area is 86.7 Å². The van der Waals surface area contributed by atoms with E-state index in [9.17, 15) is 0 Å². The largest absolute Gasteiger partial charge is 0.372 e. The van der Waals surface area contributed by atoms with Crippen LogP contribution in [0.4, 0.5) is 5.69 Å². The molecule has 1 heteroatoms. The molecule has 0 atom stereocenters. The van der Waals surface area contributed by atoms with Crippen LogP contribution in [0.3, 0.4) is 0 Å². The van der Waals surface area contributed by atoms with E-state index in [4.69, 9.17) is 0 Å². The molecule has 0 radical (unpaired) electrons. The Morgan fingerprint density at radius 2 is 1.86 bits per heavy atom. The van der Waals surface area contributed by atoms with E-state index in [0.29, 0.717) is 5.92 Å². The Balaban J connectivity index is 2.21. The topological polar surface area (TPSA) is 3.24 Å². The van der Waals surface area contributed by atoms with E-state index < -0.39 is 0 Å². The maximum Gasteiger partial charge on any atom is 0.0369 e. The van der Waals surface area contributed by atoms with Crippen molar-refractivity contribution in [3.8, 4) is 0 Å². The van der Waals surface area contributed by atoms with E-state index >= 15 is 0 Å². The fraction of sp³-hybridized carbons (Fsp3) is 0.538. The van der Waals surface area contributed by atoms with Crippen molar-refractivity contribution in [2.75, 3.05) is 18.0 Å². The molecule has 0 amide bonds. The van der Waals surface area contributed by atoms with Gasteiger partial charge < -0.3 is 4.90 Å². The quantitative estimate of drug-likeness (QED) is 0.689. The average molecular weight is 189 g/mol. The van der Waals surface area contributed by atoms with Gasteiger partial charge in [-0.15, -0.1) is 0 Å². The molecule has 1 saturated heterocycles. The second-order valence-electron chi connectivity index (χ2n) is 4.44. The highest BCUT2D eigenvalue weighted by atomic mass is 15.1. The van der Waals surface area contributed by atoms with Crippen LogP contribution in [0.1, 0.15) is 38.2 Å². The van der Waals surface area contributed by atoms with Crippen molar-refractivity contribution in [2.24, 2.45) is 0 Å². The Morgan fingerprint density at radius 3 is 2.50 bits per heavy atom. The SMILES string of the molecule is CC(C)c1cccc(N2CCCC2)c1. The van der Waals surface area contributed by atoms with Crippen molar-refractivity contribution < 1.29 is 0 Å². The third-order valence-electron chi connectivity index (χ3n) is 3.01. The van der Waals surface area contributed by atoms with Crippen molar-refractivity contribution in [3.63, 3.8) is 0 Å². The van der Waals surface area contributed by atoms with E-state index in [-0.39, 0.29) is 0 Å². The molecular formula is C13H19N. The van der Waals surface area contributed by atoms with Gasteiger partial charge in [-0.3, -0.25) is 0 Å². The van der Waals surface area contributed by atoms with Crippen LogP contribution in [-0.2, 0) is 0 Å². The first-order valence-electron chi connectivity index (χ1n) is 5.62. The molecule has 0 aliphatic carbocycles. The van der Waals surface area contributed by atoms with Crippen LogP contribution < -0.4 is 4.90 Å². The van der Waals surface area contributed by atoms with Crippen molar-refractivity contribution in [2.45, 2.75) is 32.6 Å². The minimum absolute atomic E-state index is 0.637. The third-order valence-corrected chi connectivity index (χ3v) is 3.01. The van der Waals surface area contributed by atoms with Crippen molar-refractivity contribution in [1.29, 1.82) is 0 Å². The first-order valence-corrected chi connectivity index (χ1v) is 5.62. The van der Waals surface area contributed by atoms with E-state index in [0.717, 1.165) is 0 Å². The van der Waals surface area contributed by atoms with Crippen LogP contribution in [0.25, 0.3) is 0 Å². The monoisotopic (exact) mass is 189 g/mol. The van der Waals surface area contributed by atoms with Gasteiger partial charge in [-0.25, -0.2) is 0 Å². The molecule has 0 saturated carbocycles. The zero-order chi connectivity index (χ0) is 9.97. The third kappa shape index (κ3) is 1.92. The molecular weight excluding hydrogens is 170 g/mol. The van der Waals surface area contributed by atoms with Gasteiger partial charge in [0, 0.05) is 18.8 Å². The average Bonchev–Trinajstić information content (AvgIpc) is 2.71. The van der Waals surface area contributed by atoms with Crippen molar-refractivity contribution in [1.82, 2.24) is 0 Å². The van der Waals surface area contributed by atoms with Gasteiger partial charge in [0.1, 0.15) is 0 Å². The summed E-state index contributed by atoms with van der Waals surface area (Å²) in [5.74, 6) is 0.637. The molecule has 1 aliphatic rings. The molecule has 1 aliphatic heterocycles. The molecule has 0 aromatic heterocycles. The fourth-order valence-electron chi connectivity index (χ4n) is 2.06. The lowest BCUT2D eigenvalue weighted by Gasteiger charge is -2.19. The van der Waals surface area contributed by atoms with Gasteiger partial charge in [0.2, 0.25) is 0 Å². The lowest BCUT2D eigenvalue weighted by atomic mass is 10.0. The molecule has 1 fully saturated rings. The molecule has 1 nitrogen and oxygen atoms in total. The van der Waals surface area contributed by atoms with E-state index in [1.807, 2.05) is 0 Å². The minimum atomic E-state index is 0.637. The highest BCUT2D eigenvalue weighted by molar-refractivity contribution is 5.49. The first-order chi connectivity index (χ1) is 6.77. The Hall–Kier alpha value is -0.980. The number of benzene rings is 1. The van der Waals surface area contributed by atoms with Gasteiger partial charge in [0.15, 0.2) is 0 Å². The molecule has 0 spiro atoms. The molecule has 1 aromatic rings. The van der Waals surface area contributed by atoms with E-state index in [1.54, 1.807) is 0 Å². The molecule has 1 heterocycles. The predicted molar refractivity (Wildman–Crippen MR) is 62.0 cm³/mol. The maximum absolute atomic E-state index is 2.49. The maximum atomic E-state index is 2.49. The molecule has 1 aromatic carbocycles. The molecule has 76 valence electrons. The summed E-state index contributed by atoms with van der Waals surface area (Å²) in [6.07, 6.45) is 2.71. The Bertz CT molecular complexity index is 298. The molecule has 0 bridgehead atoms. The summed E-state index contributed by atoms with van der Waals surface area (Å²) in [6, 6.07) is 8.99. The number of hydrogen-bond donors (Lipinski definition) is 0. The number of anilines is 1. The van der Waals surface area contributed by atoms with Crippen LogP contribution in [0, 0.1) is 0 Å². The minimum Gasteiger partial charge on any atom is -0.372 e. The summed E-state index contributed by atoms with van der Waals surface area (Å²) < 4.78 is 0. The lowest BCUT2D eigenvalue weighted by Crippen LogP contribution is -2.17. The van der Waals surface area contributed by atoms with Gasteiger partial charge in [0.05, 0.1) is 0 Å².